The summed E-state index contributed by atoms with van der Waals surface area (Å²) >= 11 is 5.89. The van der Waals surface area contributed by atoms with Crippen LogP contribution in [-0.4, -0.2) is 48.7 Å². The molecule has 166 valence electrons. The van der Waals surface area contributed by atoms with Gasteiger partial charge in [-0.15, -0.1) is 0 Å². The van der Waals surface area contributed by atoms with E-state index >= 15 is 0 Å². The molecule has 6 nitrogen and oxygen atoms in total. The minimum atomic E-state index is -3.96. The van der Waals surface area contributed by atoms with E-state index < -0.39 is 38.4 Å². The topological polar surface area (TPSA) is 72.9 Å². The number of esters is 1. The molecule has 2 unspecified atom stereocenters. The first-order chi connectivity index (χ1) is 13.1. The molecule has 1 aromatic rings. The lowest BCUT2D eigenvalue weighted by Crippen LogP contribution is -2.51. The molecule has 0 fully saturated rings. The lowest BCUT2D eigenvalue weighted by atomic mass is 10.0. The van der Waals surface area contributed by atoms with Gasteiger partial charge in [0.1, 0.15) is 17.0 Å². The highest BCUT2D eigenvalue weighted by Crippen LogP contribution is 2.26. The third kappa shape index (κ3) is 7.79. The summed E-state index contributed by atoms with van der Waals surface area (Å²) in [5, 5.41) is -0.688. The molecule has 1 rings (SSSR count). The molecule has 0 saturated heterocycles. The second kappa shape index (κ2) is 9.67. The van der Waals surface area contributed by atoms with Crippen LogP contribution >= 0.6 is 11.6 Å². The second-order valence-corrected chi connectivity index (χ2v) is 11.6. The van der Waals surface area contributed by atoms with Gasteiger partial charge in [-0.05, 0) is 64.8 Å². The zero-order valence-corrected chi connectivity index (χ0v) is 20.2. The standard InChI is InChI=1S/C21H34ClNO5S/c1-9-15(2)18(19(24)28-20(3,4)5)29(25,26)23(8)14-21(6,7)27-17-12-10-16(22)11-13-17/h10-13,15,18H,9,14H2,1-8H3. The molecule has 0 saturated carbocycles. The fourth-order valence-electron chi connectivity index (χ4n) is 2.90. The highest BCUT2D eigenvalue weighted by molar-refractivity contribution is 7.90. The normalized spacial score (nSPS) is 15.1. The molecule has 2 atom stereocenters. The molecule has 0 aliphatic heterocycles. The lowest BCUT2D eigenvalue weighted by Gasteiger charge is -2.34. The third-order valence-corrected chi connectivity index (χ3v) is 6.92. The Morgan fingerprint density at radius 2 is 1.66 bits per heavy atom. The molecule has 8 heteroatoms. The maximum atomic E-state index is 13.3. The third-order valence-electron chi connectivity index (χ3n) is 4.37. The highest BCUT2D eigenvalue weighted by Gasteiger charge is 2.43. The maximum absolute atomic E-state index is 13.3. The van der Waals surface area contributed by atoms with Crippen LogP contribution in [0.25, 0.3) is 0 Å². The second-order valence-electron chi connectivity index (χ2n) is 8.96. The summed E-state index contributed by atoms with van der Waals surface area (Å²) in [4.78, 5) is 12.7. The van der Waals surface area contributed by atoms with E-state index in [4.69, 9.17) is 21.1 Å². The monoisotopic (exact) mass is 447 g/mol. The fourth-order valence-corrected chi connectivity index (χ4v) is 4.97. The van der Waals surface area contributed by atoms with Crippen molar-refractivity contribution >= 4 is 27.6 Å². The van der Waals surface area contributed by atoms with Crippen molar-refractivity contribution < 1.29 is 22.7 Å². The molecule has 29 heavy (non-hydrogen) atoms. The van der Waals surface area contributed by atoms with Crippen LogP contribution in [0, 0.1) is 5.92 Å². The fraction of sp³-hybridized carbons (Fsp3) is 0.667. The number of carbonyl (C=O) groups is 1. The molecule has 0 aliphatic rings. The Hall–Kier alpha value is -1.31. The van der Waals surface area contributed by atoms with Crippen LogP contribution < -0.4 is 4.74 Å². The first kappa shape index (κ1) is 25.7. The Morgan fingerprint density at radius 3 is 2.10 bits per heavy atom. The molecule has 0 radical (unpaired) electrons. The van der Waals surface area contributed by atoms with Crippen LogP contribution in [0.1, 0.15) is 54.9 Å². The number of hydrogen-bond acceptors (Lipinski definition) is 5. The predicted molar refractivity (Wildman–Crippen MR) is 117 cm³/mol. The quantitative estimate of drug-likeness (QED) is 0.520. The zero-order valence-electron chi connectivity index (χ0n) is 18.7. The van der Waals surface area contributed by atoms with Gasteiger partial charge in [0.2, 0.25) is 10.0 Å². The van der Waals surface area contributed by atoms with Crippen molar-refractivity contribution in [2.45, 2.75) is 71.3 Å². The van der Waals surface area contributed by atoms with Gasteiger partial charge in [0, 0.05) is 12.1 Å². The van der Waals surface area contributed by atoms with Gasteiger partial charge in [0.05, 0.1) is 6.54 Å². The van der Waals surface area contributed by atoms with Gasteiger partial charge in [-0.2, -0.15) is 0 Å². The smallest absolute Gasteiger partial charge is 0.326 e. The summed E-state index contributed by atoms with van der Waals surface area (Å²) in [7, 11) is -2.50. The van der Waals surface area contributed by atoms with Crippen LogP contribution in [0.4, 0.5) is 0 Å². The average molecular weight is 448 g/mol. The van der Waals surface area contributed by atoms with Crippen molar-refractivity contribution in [2.24, 2.45) is 5.92 Å². The van der Waals surface area contributed by atoms with E-state index in [-0.39, 0.29) is 6.54 Å². The number of likely N-dealkylation sites (N-methyl/N-ethyl adjacent to an activating group) is 1. The van der Waals surface area contributed by atoms with Crippen molar-refractivity contribution in [3.8, 4) is 5.75 Å². The number of halogens is 1. The summed E-state index contributed by atoms with van der Waals surface area (Å²) in [6, 6.07) is 6.85. The van der Waals surface area contributed by atoms with E-state index in [1.165, 1.54) is 11.4 Å². The number of ether oxygens (including phenoxy) is 2. The van der Waals surface area contributed by atoms with Crippen molar-refractivity contribution in [2.75, 3.05) is 13.6 Å². The SMILES string of the molecule is CCC(C)C(C(=O)OC(C)(C)C)S(=O)(=O)N(C)CC(C)(C)Oc1ccc(Cl)cc1. The van der Waals surface area contributed by atoms with E-state index in [1.54, 1.807) is 65.8 Å². The van der Waals surface area contributed by atoms with E-state index in [2.05, 4.69) is 0 Å². The first-order valence-corrected chi connectivity index (χ1v) is 11.6. The molecule has 0 aromatic heterocycles. The molecule has 0 amide bonds. The van der Waals surface area contributed by atoms with Crippen molar-refractivity contribution in [3.63, 3.8) is 0 Å². The van der Waals surface area contributed by atoms with Crippen LogP contribution in [-0.2, 0) is 19.6 Å². The lowest BCUT2D eigenvalue weighted by molar-refractivity contribution is -0.155. The molecule has 0 heterocycles. The summed E-state index contributed by atoms with van der Waals surface area (Å²) in [5.74, 6) is -0.538. The molecule has 0 aliphatic carbocycles. The number of benzene rings is 1. The summed E-state index contributed by atoms with van der Waals surface area (Å²) in [5.41, 5.74) is -1.60. The average Bonchev–Trinajstić information content (AvgIpc) is 2.54. The Kier molecular flexibility index (Phi) is 8.57. The Balaban J connectivity index is 3.05. The Labute approximate surface area is 180 Å². The van der Waals surface area contributed by atoms with Crippen LogP contribution in [0.2, 0.25) is 5.02 Å². The van der Waals surface area contributed by atoms with Gasteiger partial charge in [0.15, 0.2) is 5.25 Å². The van der Waals surface area contributed by atoms with Gasteiger partial charge in [-0.1, -0.05) is 31.9 Å². The first-order valence-electron chi connectivity index (χ1n) is 9.71. The minimum absolute atomic E-state index is 0.0632. The van der Waals surface area contributed by atoms with Gasteiger partial charge in [-0.25, -0.2) is 12.7 Å². The Morgan fingerprint density at radius 1 is 1.14 bits per heavy atom. The van der Waals surface area contributed by atoms with Gasteiger partial charge in [0.25, 0.3) is 0 Å². The van der Waals surface area contributed by atoms with Gasteiger partial charge >= 0.3 is 5.97 Å². The molecular weight excluding hydrogens is 414 g/mol. The van der Waals surface area contributed by atoms with Gasteiger partial charge in [-0.3, -0.25) is 4.79 Å². The summed E-state index contributed by atoms with van der Waals surface area (Å²) < 4.78 is 39.1. The number of carbonyl (C=O) groups excluding carboxylic acids is 1. The zero-order chi connectivity index (χ0) is 22.6. The van der Waals surface area contributed by atoms with E-state index in [0.29, 0.717) is 17.2 Å². The molecule has 1 aromatic carbocycles. The molecule has 0 N–H and O–H groups in total. The van der Waals surface area contributed by atoms with E-state index in [1.807, 2.05) is 6.92 Å². The van der Waals surface area contributed by atoms with Crippen molar-refractivity contribution in [1.29, 1.82) is 0 Å². The van der Waals surface area contributed by atoms with Crippen LogP contribution in [0.15, 0.2) is 24.3 Å². The number of hydrogen-bond donors (Lipinski definition) is 0. The van der Waals surface area contributed by atoms with Crippen molar-refractivity contribution in [1.82, 2.24) is 4.31 Å². The predicted octanol–water partition coefficient (Wildman–Crippen LogP) is 4.52. The molecular formula is C21H34ClNO5S. The number of rotatable bonds is 9. The van der Waals surface area contributed by atoms with Crippen LogP contribution in [0.3, 0.4) is 0 Å². The summed E-state index contributed by atoms with van der Waals surface area (Å²) in [6.45, 7) is 12.4. The van der Waals surface area contributed by atoms with Crippen LogP contribution in [0.5, 0.6) is 5.75 Å². The van der Waals surface area contributed by atoms with Crippen molar-refractivity contribution in [3.05, 3.63) is 29.3 Å². The summed E-state index contributed by atoms with van der Waals surface area (Å²) in [6.07, 6.45) is 0.529. The minimum Gasteiger partial charge on any atom is -0.486 e. The number of sulfonamides is 1. The highest BCUT2D eigenvalue weighted by atomic mass is 35.5. The van der Waals surface area contributed by atoms with E-state index in [0.717, 1.165) is 0 Å². The largest absolute Gasteiger partial charge is 0.486 e. The molecule has 0 spiro atoms. The van der Waals surface area contributed by atoms with Gasteiger partial charge < -0.3 is 9.47 Å². The Bertz CT molecular complexity index is 784. The molecule has 0 bridgehead atoms. The maximum Gasteiger partial charge on any atom is 0.326 e. The number of nitrogens with zero attached hydrogens (tertiary/aromatic N) is 1. The van der Waals surface area contributed by atoms with E-state index in [9.17, 15) is 13.2 Å².